The van der Waals surface area contributed by atoms with E-state index in [4.69, 9.17) is 4.74 Å². The van der Waals surface area contributed by atoms with Crippen molar-refractivity contribution >= 4 is 29.8 Å². The van der Waals surface area contributed by atoms with Crippen molar-refractivity contribution in [3.8, 4) is 0 Å². The minimum Gasteiger partial charge on any atom is -0.450 e. The highest BCUT2D eigenvalue weighted by Crippen LogP contribution is 2.33. The molecule has 3 aliphatic rings. The summed E-state index contributed by atoms with van der Waals surface area (Å²) in [5.74, 6) is 1.14. The van der Waals surface area contributed by atoms with Crippen LogP contribution in [0.25, 0.3) is 0 Å². The van der Waals surface area contributed by atoms with Gasteiger partial charge >= 0.3 is 12.1 Å². The summed E-state index contributed by atoms with van der Waals surface area (Å²) in [5.41, 5.74) is 0. The second-order valence-corrected chi connectivity index (χ2v) is 8.21. The van der Waals surface area contributed by atoms with Gasteiger partial charge in [0.25, 0.3) is 0 Å². The highest BCUT2D eigenvalue weighted by molar-refractivity contribution is 8.00. The third-order valence-electron chi connectivity index (χ3n) is 5.23. The maximum atomic E-state index is 12.3. The van der Waals surface area contributed by atoms with Crippen LogP contribution < -0.4 is 10.6 Å². The van der Waals surface area contributed by atoms with E-state index >= 15 is 0 Å². The zero-order valence-corrected chi connectivity index (χ0v) is 16.1. The molecule has 0 aromatic heterocycles. The molecule has 0 aliphatic carbocycles. The standard InChI is InChI=1S/C17H28N4O4S/c1-2-25-17(24)21-9-7-20(8-10-21)14(22)6-4-3-5-13-15-12(11-26-13)18-16(23)19-15/h12-13,15H,2-11H2,1H3,(H2,18,19,23)/t12-,13-,15-/m0/s1. The number of piperazine rings is 1. The number of ether oxygens (including phenoxy) is 1. The number of fused-ring (bicyclic) bond motifs is 1. The highest BCUT2D eigenvalue weighted by atomic mass is 32.2. The van der Waals surface area contributed by atoms with Crippen LogP contribution in [0, 0.1) is 0 Å². The van der Waals surface area contributed by atoms with E-state index in [1.165, 1.54) is 0 Å². The fourth-order valence-corrected chi connectivity index (χ4v) is 5.32. The van der Waals surface area contributed by atoms with Crippen LogP contribution in [0.1, 0.15) is 32.6 Å². The number of carbonyl (C=O) groups is 3. The first-order valence-electron chi connectivity index (χ1n) is 9.46. The Morgan fingerprint density at radius 1 is 1.15 bits per heavy atom. The van der Waals surface area contributed by atoms with Gasteiger partial charge in [-0.2, -0.15) is 11.8 Å². The van der Waals surface area contributed by atoms with Crippen molar-refractivity contribution in [1.82, 2.24) is 20.4 Å². The van der Waals surface area contributed by atoms with Gasteiger partial charge in [0.1, 0.15) is 0 Å². The van der Waals surface area contributed by atoms with E-state index in [0.717, 1.165) is 25.0 Å². The average molecular weight is 385 g/mol. The molecular weight excluding hydrogens is 356 g/mol. The number of hydrogen-bond donors (Lipinski definition) is 2. The number of carbonyl (C=O) groups excluding carboxylic acids is 3. The van der Waals surface area contributed by atoms with Gasteiger partial charge < -0.3 is 25.2 Å². The summed E-state index contributed by atoms with van der Waals surface area (Å²) in [5, 5.41) is 6.40. The monoisotopic (exact) mass is 384 g/mol. The SMILES string of the molecule is CCOC(=O)N1CCN(C(=O)CCCC[C@@H]2SC[C@@H]3NC(=O)N[C@@H]32)CC1. The topological polar surface area (TPSA) is 91.0 Å². The predicted octanol–water partition coefficient (Wildman–Crippen LogP) is 1.01. The fraction of sp³-hybridized carbons (Fsp3) is 0.824. The number of unbranched alkanes of at least 4 members (excludes halogenated alkanes) is 1. The third kappa shape index (κ3) is 4.55. The van der Waals surface area contributed by atoms with Gasteiger partial charge in [0.15, 0.2) is 0 Å². The second kappa shape index (κ2) is 8.83. The minimum atomic E-state index is -0.291. The van der Waals surface area contributed by atoms with E-state index in [2.05, 4.69) is 10.6 Å². The minimum absolute atomic E-state index is 0.0533. The molecule has 2 N–H and O–H groups in total. The Hall–Kier alpha value is -1.64. The molecule has 3 rings (SSSR count). The zero-order chi connectivity index (χ0) is 18.5. The molecule has 0 aromatic rings. The number of amides is 4. The first-order valence-corrected chi connectivity index (χ1v) is 10.5. The average Bonchev–Trinajstić information content (AvgIpc) is 3.18. The molecule has 3 atom stereocenters. The smallest absolute Gasteiger partial charge is 0.409 e. The molecule has 9 heteroatoms. The van der Waals surface area contributed by atoms with Crippen molar-refractivity contribution in [2.75, 3.05) is 38.5 Å². The lowest BCUT2D eigenvalue weighted by atomic mass is 10.0. The van der Waals surface area contributed by atoms with Crippen molar-refractivity contribution in [3.63, 3.8) is 0 Å². The van der Waals surface area contributed by atoms with Gasteiger partial charge in [-0.05, 0) is 19.8 Å². The number of hydrogen-bond acceptors (Lipinski definition) is 5. The molecule has 8 nitrogen and oxygen atoms in total. The van der Waals surface area contributed by atoms with Gasteiger partial charge in [-0.3, -0.25) is 4.79 Å². The molecule has 0 radical (unpaired) electrons. The molecule has 0 spiro atoms. The first-order chi connectivity index (χ1) is 12.6. The second-order valence-electron chi connectivity index (χ2n) is 6.93. The Bertz CT molecular complexity index is 539. The maximum absolute atomic E-state index is 12.3. The van der Waals surface area contributed by atoms with Crippen LogP contribution in [0.15, 0.2) is 0 Å². The predicted molar refractivity (Wildman–Crippen MR) is 99.1 cm³/mol. The quantitative estimate of drug-likeness (QED) is 0.527. The summed E-state index contributed by atoms with van der Waals surface area (Å²) in [6, 6.07) is 0.441. The molecule has 0 bridgehead atoms. The van der Waals surface area contributed by atoms with Gasteiger partial charge in [0.05, 0.1) is 18.7 Å². The number of nitrogens with zero attached hydrogens (tertiary/aromatic N) is 2. The Morgan fingerprint density at radius 3 is 2.62 bits per heavy atom. The van der Waals surface area contributed by atoms with Crippen LogP contribution in [0.4, 0.5) is 9.59 Å². The van der Waals surface area contributed by atoms with Gasteiger partial charge in [-0.1, -0.05) is 6.42 Å². The number of urea groups is 1. The Balaban J connectivity index is 1.30. The molecule has 26 heavy (non-hydrogen) atoms. The summed E-state index contributed by atoms with van der Waals surface area (Å²) >= 11 is 1.91. The van der Waals surface area contributed by atoms with Crippen LogP contribution in [-0.2, 0) is 9.53 Å². The third-order valence-corrected chi connectivity index (χ3v) is 6.73. The number of nitrogens with one attached hydrogen (secondary N) is 2. The molecule has 3 fully saturated rings. The van der Waals surface area contributed by atoms with E-state index in [-0.39, 0.29) is 30.1 Å². The van der Waals surface area contributed by atoms with Gasteiger partial charge in [-0.25, -0.2) is 9.59 Å². The van der Waals surface area contributed by atoms with Crippen LogP contribution >= 0.6 is 11.8 Å². The van der Waals surface area contributed by atoms with Gasteiger partial charge in [0, 0.05) is 43.6 Å². The van der Waals surface area contributed by atoms with Crippen molar-refractivity contribution in [2.24, 2.45) is 0 Å². The van der Waals surface area contributed by atoms with Crippen LogP contribution in [0.2, 0.25) is 0 Å². The van der Waals surface area contributed by atoms with Crippen LogP contribution in [0.3, 0.4) is 0 Å². The molecular formula is C17H28N4O4S. The molecule has 3 saturated heterocycles. The van der Waals surface area contributed by atoms with E-state index in [9.17, 15) is 14.4 Å². The van der Waals surface area contributed by atoms with E-state index in [1.807, 2.05) is 16.7 Å². The molecule has 3 aliphatic heterocycles. The summed E-state index contributed by atoms with van der Waals surface area (Å²) in [6.45, 7) is 4.41. The molecule has 3 heterocycles. The molecule has 0 saturated carbocycles. The summed E-state index contributed by atoms with van der Waals surface area (Å²) in [4.78, 5) is 38.9. The van der Waals surface area contributed by atoms with Crippen molar-refractivity contribution in [1.29, 1.82) is 0 Å². The summed E-state index contributed by atoms with van der Waals surface area (Å²) in [6.07, 6.45) is 3.14. The van der Waals surface area contributed by atoms with Crippen molar-refractivity contribution < 1.29 is 19.1 Å². The lowest BCUT2D eigenvalue weighted by Crippen LogP contribution is -2.50. The van der Waals surface area contributed by atoms with Crippen LogP contribution in [-0.4, -0.2) is 83.7 Å². The molecule has 0 aromatic carbocycles. The fourth-order valence-electron chi connectivity index (χ4n) is 3.78. The van der Waals surface area contributed by atoms with Crippen molar-refractivity contribution in [2.45, 2.75) is 49.9 Å². The largest absolute Gasteiger partial charge is 0.450 e. The van der Waals surface area contributed by atoms with Crippen molar-refractivity contribution in [3.05, 3.63) is 0 Å². The Labute approximate surface area is 158 Å². The van der Waals surface area contributed by atoms with Gasteiger partial charge in [-0.15, -0.1) is 0 Å². The highest BCUT2D eigenvalue weighted by Gasteiger charge is 2.42. The number of rotatable bonds is 6. The van der Waals surface area contributed by atoms with E-state index in [1.54, 1.807) is 11.8 Å². The van der Waals surface area contributed by atoms with E-state index in [0.29, 0.717) is 44.5 Å². The zero-order valence-electron chi connectivity index (χ0n) is 15.2. The first kappa shape index (κ1) is 19.1. The Kier molecular flexibility index (Phi) is 6.50. The lowest BCUT2D eigenvalue weighted by Gasteiger charge is -2.34. The normalized spacial score (nSPS) is 27.7. The maximum Gasteiger partial charge on any atom is 0.409 e. The molecule has 146 valence electrons. The van der Waals surface area contributed by atoms with Gasteiger partial charge in [0.2, 0.25) is 5.91 Å². The lowest BCUT2D eigenvalue weighted by molar-refractivity contribution is -0.132. The van der Waals surface area contributed by atoms with Crippen LogP contribution in [0.5, 0.6) is 0 Å². The summed E-state index contributed by atoms with van der Waals surface area (Å²) in [7, 11) is 0. The van der Waals surface area contributed by atoms with E-state index < -0.39 is 0 Å². The Morgan fingerprint density at radius 2 is 1.88 bits per heavy atom. The molecule has 0 unspecified atom stereocenters. The molecule has 4 amide bonds. The summed E-state index contributed by atoms with van der Waals surface area (Å²) < 4.78 is 4.99. The number of thioether (sulfide) groups is 1.